The number of rotatable bonds is 6. The van der Waals surface area contributed by atoms with E-state index in [1.165, 1.54) is 13.4 Å². The Morgan fingerprint density at radius 2 is 1.69 bits per heavy atom. The SMILES string of the molecule is COC(=O)C1=COC(O)C2C(COC(=O)c3ccc(N=Nc4ccccc4)cc3)CCC12. The van der Waals surface area contributed by atoms with Crippen molar-refractivity contribution in [3.63, 3.8) is 0 Å². The van der Waals surface area contributed by atoms with E-state index >= 15 is 0 Å². The second-order valence-electron chi connectivity index (χ2n) is 7.79. The summed E-state index contributed by atoms with van der Waals surface area (Å²) in [6.45, 7) is 0.129. The fourth-order valence-electron chi connectivity index (χ4n) is 4.27. The van der Waals surface area contributed by atoms with Crippen molar-refractivity contribution in [3.05, 3.63) is 72.0 Å². The van der Waals surface area contributed by atoms with Crippen molar-refractivity contribution >= 4 is 23.3 Å². The van der Waals surface area contributed by atoms with Gasteiger partial charge in [0.25, 0.3) is 0 Å². The number of aliphatic hydroxyl groups is 1. The highest BCUT2D eigenvalue weighted by Crippen LogP contribution is 2.46. The maximum atomic E-state index is 12.5. The quantitative estimate of drug-likeness (QED) is 0.534. The van der Waals surface area contributed by atoms with Gasteiger partial charge < -0.3 is 19.3 Å². The molecule has 0 radical (unpaired) electrons. The fourth-order valence-corrected chi connectivity index (χ4v) is 4.27. The number of fused-ring (bicyclic) bond motifs is 1. The summed E-state index contributed by atoms with van der Waals surface area (Å²) in [7, 11) is 1.31. The number of benzene rings is 2. The van der Waals surface area contributed by atoms with Crippen LogP contribution in [0.5, 0.6) is 0 Å². The average molecular weight is 436 g/mol. The largest absolute Gasteiger partial charge is 0.472 e. The van der Waals surface area contributed by atoms with Crippen LogP contribution in [-0.4, -0.2) is 37.1 Å². The van der Waals surface area contributed by atoms with Gasteiger partial charge in [0.1, 0.15) is 0 Å². The lowest BCUT2D eigenvalue weighted by Crippen LogP contribution is -2.37. The number of aliphatic hydroxyl groups excluding tert-OH is 1. The molecule has 1 fully saturated rings. The molecule has 0 saturated heterocycles. The van der Waals surface area contributed by atoms with Gasteiger partial charge in [-0.15, -0.1) is 0 Å². The molecule has 166 valence electrons. The van der Waals surface area contributed by atoms with E-state index in [0.29, 0.717) is 29.7 Å². The Kier molecular flexibility index (Phi) is 6.61. The summed E-state index contributed by atoms with van der Waals surface area (Å²) in [6, 6.07) is 16.0. The van der Waals surface area contributed by atoms with Gasteiger partial charge in [-0.05, 0) is 49.2 Å². The summed E-state index contributed by atoms with van der Waals surface area (Å²) in [4.78, 5) is 24.5. The van der Waals surface area contributed by atoms with Crippen LogP contribution in [-0.2, 0) is 19.0 Å². The van der Waals surface area contributed by atoms with Gasteiger partial charge in [-0.1, -0.05) is 18.2 Å². The fraction of sp³-hybridized carbons (Fsp3) is 0.333. The molecular weight excluding hydrogens is 412 g/mol. The summed E-state index contributed by atoms with van der Waals surface area (Å²) in [5, 5.41) is 18.6. The number of nitrogens with zero attached hydrogens (tertiary/aromatic N) is 2. The maximum Gasteiger partial charge on any atom is 0.338 e. The lowest BCUT2D eigenvalue weighted by Gasteiger charge is -2.32. The third kappa shape index (κ3) is 4.70. The van der Waals surface area contributed by atoms with E-state index in [2.05, 4.69) is 10.2 Å². The van der Waals surface area contributed by atoms with Gasteiger partial charge in [-0.2, -0.15) is 10.2 Å². The normalized spacial score (nSPS) is 24.4. The van der Waals surface area contributed by atoms with Crippen LogP contribution in [0.15, 0.2) is 76.7 Å². The molecule has 4 rings (SSSR count). The Labute approximate surface area is 185 Å². The molecule has 0 bridgehead atoms. The lowest BCUT2D eigenvalue weighted by atomic mass is 9.83. The highest BCUT2D eigenvalue weighted by Gasteiger charge is 2.47. The van der Waals surface area contributed by atoms with E-state index in [1.807, 2.05) is 30.3 Å². The first-order chi connectivity index (χ1) is 15.6. The monoisotopic (exact) mass is 436 g/mol. The number of carbonyl (C=O) groups is 2. The zero-order valence-corrected chi connectivity index (χ0v) is 17.6. The molecule has 2 aromatic rings. The van der Waals surface area contributed by atoms with E-state index in [1.54, 1.807) is 24.3 Å². The summed E-state index contributed by atoms with van der Waals surface area (Å²) in [5.41, 5.74) is 2.17. The van der Waals surface area contributed by atoms with E-state index < -0.39 is 18.2 Å². The van der Waals surface area contributed by atoms with Crippen LogP contribution in [0.2, 0.25) is 0 Å². The minimum atomic E-state index is -1.05. The Morgan fingerprint density at radius 3 is 2.38 bits per heavy atom. The first kappa shape index (κ1) is 21.7. The highest BCUT2D eigenvalue weighted by atomic mass is 16.6. The van der Waals surface area contributed by atoms with Crippen LogP contribution in [0.1, 0.15) is 23.2 Å². The second kappa shape index (κ2) is 9.74. The van der Waals surface area contributed by atoms with Crippen molar-refractivity contribution in [2.75, 3.05) is 13.7 Å². The molecule has 0 spiro atoms. The smallest absolute Gasteiger partial charge is 0.338 e. The molecular formula is C24H24N2O6. The minimum Gasteiger partial charge on any atom is -0.472 e. The summed E-state index contributed by atoms with van der Waals surface area (Å²) in [6.07, 6.45) is 1.63. The van der Waals surface area contributed by atoms with Crippen molar-refractivity contribution in [2.24, 2.45) is 28.0 Å². The Hall–Kier alpha value is -3.52. The summed E-state index contributed by atoms with van der Waals surface area (Å²) < 4.78 is 15.6. The first-order valence-electron chi connectivity index (χ1n) is 10.4. The molecule has 0 aromatic heterocycles. The highest BCUT2D eigenvalue weighted by molar-refractivity contribution is 5.90. The molecule has 1 saturated carbocycles. The van der Waals surface area contributed by atoms with Crippen LogP contribution >= 0.6 is 0 Å². The van der Waals surface area contributed by atoms with Crippen molar-refractivity contribution in [1.29, 1.82) is 0 Å². The number of azo groups is 1. The molecule has 1 aliphatic heterocycles. The van der Waals surface area contributed by atoms with Gasteiger partial charge in [-0.3, -0.25) is 0 Å². The van der Waals surface area contributed by atoms with Gasteiger partial charge >= 0.3 is 11.9 Å². The van der Waals surface area contributed by atoms with Crippen LogP contribution in [0.25, 0.3) is 0 Å². The van der Waals surface area contributed by atoms with Crippen LogP contribution in [0.3, 0.4) is 0 Å². The standard InChI is InChI=1S/C24H24N2O6/c1-30-23(28)20-14-32-24(29)21-16(9-12-19(20)21)13-31-22(27)15-7-10-18(11-8-15)26-25-17-5-3-2-4-6-17/h2-8,10-11,14,16,19,21,24,29H,9,12-13H2,1H3. The zero-order chi connectivity index (χ0) is 22.5. The molecule has 8 nitrogen and oxygen atoms in total. The van der Waals surface area contributed by atoms with Crippen molar-refractivity contribution in [1.82, 2.24) is 0 Å². The zero-order valence-electron chi connectivity index (χ0n) is 17.6. The summed E-state index contributed by atoms with van der Waals surface area (Å²) >= 11 is 0. The number of ether oxygens (including phenoxy) is 3. The van der Waals surface area contributed by atoms with Gasteiger partial charge in [0.2, 0.25) is 0 Å². The number of hydrogen-bond acceptors (Lipinski definition) is 8. The minimum absolute atomic E-state index is 0.119. The molecule has 32 heavy (non-hydrogen) atoms. The van der Waals surface area contributed by atoms with Gasteiger partial charge in [0.05, 0.1) is 42.5 Å². The predicted molar refractivity (Wildman–Crippen MR) is 114 cm³/mol. The molecule has 8 heteroatoms. The van der Waals surface area contributed by atoms with Gasteiger partial charge in [-0.25, -0.2) is 9.59 Å². The molecule has 2 aliphatic rings. The van der Waals surface area contributed by atoms with E-state index in [4.69, 9.17) is 14.2 Å². The maximum absolute atomic E-state index is 12.5. The van der Waals surface area contributed by atoms with Crippen molar-refractivity contribution in [2.45, 2.75) is 19.1 Å². The van der Waals surface area contributed by atoms with Crippen LogP contribution in [0, 0.1) is 17.8 Å². The third-order valence-corrected chi connectivity index (χ3v) is 5.91. The van der Waals surface area contributed by atoms with Crippen molar-refractivity contribution in [3.8, 4) is 0 Å². The third-order valence-electron chi connectivity index (χ3n) is 5.91. The lowest BCUT2D eigenvalue weighted by molar-refractivity contribution is -0.146. The molecule has 1 aliphatic carbocycles. The Morgan fingerprint density at radius 1 is 1.00 bits per heavy atom. The van der Waals surface area contributed by atoms with E-state index in [-0.39, 0.29) is 24.4 Å². The molecule has 1 N–H and O–H groups in total. The van der Waals surface area contributed by atoms with Crippen molar-refractivity contribution < 1.29 is 28.9 Å². The Bertz CT molecular complexity index is 1020. The first-order valence-corrected chi connectivity index (χ1v) is 10.4. The molecule has 1 heterocycles. The number of carbonyl (C=O) groups excluding carboxylic acids is 2. The van der Waals surface area contributed by atoms with E-state index in [0.717, 1.165) is 5.69 Å². The number of esters is 2. The molecule has 4 atom stereocenters. The Balaban J connectivity index is 1.34. The van der Waals surface area contributed by atoms with Gasteiger partial charge in [0.15, 0.2) is 6.29 Å². The average Bonchev–Trinajstić information content (AvgIpc) is 3.27. The van der Waals surface area contributed by atoms with Crippen LogP contribution in [0.4, 0.5) is 11.4 Å². The van der Waals surface area contributed by atoms with Crippen LogP contribution < -0.4 is 0 Å². The predicted octanol–water partition coefficient (Wildman–Crippen LogP) is 4.31. The summed E-state index contributed by atoms with van der Waals surface area (Å²) in [5.74, 6) is -1.55. The van der Waals surface area contributed by atoms with E-state index in [9.17, 15) is 14.7 Å². The van der Waals surface area contributed by atoms with Gasteiger partial charge in [0, 0.05) is 17.8 Å². The molecule has 4 unspecified atom stereocenters. The topological polar surface area (TPSA) is 107 Å². The second-order valence-corrected chi connectivity index (χ2v) is 7.79. The number of methoxy groups -OCH3 is 1. The number of hydrogen-bond donors (Lipinski definition) is 1. The molecule has 2 aromatic carbocycles. The molecule has 0 amide bonds.